The molecule has 1 unspecified atom stereocenters. The summed E-state index contributed by atoms with van der Waals surface area (Å²) in [7, 11) is 0. The Morgan fingerprint density at radius 2 is 0.481 bits per heavy atom. The molecule has 0 rings (SSSR count). The van der Waals surface area contributed by atoms with E-state index in [-0.39, 0.29) is 31.1 Å². The lowest BCUT2D eigenvalue weighted by Gasteiger charge is -2.18. The summed E-state index contributed by atoms with van der Waals surface area (Å²) in [5.74, 6) is -0.836. The van der Waals surface area contributed by atoms with E-state index in [1.165, 1.54) is 250 Å². The normalized spacial score (nSPS) is 12.4. The number of carbonyl (C=O) groups excluding carboxylic acids is 3. The molecule has 0 amide bonds. The lowest BCUT2D eigenvalue weighted by molar-refractivity contribution is -0.167. The van der Waals surface area contributed by atoms with Crippen molar-refractivity contribution in [2.75, 3.05) is 13.2 Å². The van der Waals surface area contributed by atoms with Crippen LogP contribution in [-0.4, -0.2) is 37.2 Å². The average molecular weight is 1130 g/mol. The lowest BCUT2D eigenvalue weighted by atomic mass is 10.0. The minimum atomic E-state index is -0.769. The molecule has 0 spiro atoms. The second kappa shape index (κ2) is 69.6. The summed E-state index contributed by atoms with van der Waals surface area (Å²) in [6.07, 6.45) is 89.7. The number of ether oxygens (including phenoxy) is 3. The van der Waals surface area contributed by atoms with Gasteiger partial charge in [0.2, 0.25) is 0 Å². The predicted molar refractivity (Wildman–Crippen MR) is 353 cm³/mol. The maximum Gasteiger partial charge on any atom is 0.306 e. The van der Waals surface area contributed by atoms with Gasteiger partial charge in [0.05, 0.1) is 0 Å². The first-order valence-electron chi connectivity index (χ1n) is 35.8. The van der Waals surface area contributed by atoms with E-state index in [4.69, 9.17) is 14.2 Å². The standard InChI is InChI=1S/C75H136O6/c1-4-7-10-13-16-19-22-25-28-29-30-31-32-33-34-35-36-37-38-39-40-41-42-43-44-45-48-50-53-56-59-62-65-68-74(77)80-71-72(81-75(78)69-66-63-60-57-54-51-47-27-24-21-18-15-12-9-6-3)70-79-73(76)67-64-61-58-55-52-49-46-26-23-20-17-14-11-8-5-2/h7,10,16,19,25,28,30-31,33-34,72H,4-6,8-9,11-15,17-18,20-24,26-27,29,32,35-71H2,1-3H3/b10-7-,19-16-,28-25-,31-30-,34-33-. The zero-order valence-electron chi connectivity index (χ0n) is 54.3. The fourth-order valence-electron chi connectivity index (χ4n) is 10.7. The van der Waals surface area contributed by atoms with Gasteiger partial charge in [-0.2, -0.15) is 0 Å². The number of unbranched alkanes of at least 4 members (excludes halogenated alkanes) is 45. The van der Waals surface area contributed by atoms with E-state index in [9.17, 15) is 14.4 Å². The molecule has 0 aliphatic carbocycles. The first kappa shape index (κ1) is 78.1. The predicted octanol–water partition coefficient (Wildman–Crippen LogP) is 24.7. The summed E-state index contributed by atoms with van der Waals surface area (Å²) in [6, 6.07) is 0. The molecule has 6 heteroatoms. The highest BCUT2D eigenvalue weighted by Gasteiger charge is 2.19. The van der Waals surface area contributed by atoms with Gasteiger partial charge in [-0.1, -0.05) is 358 Å². The van der Waals surface area contributed by atoms with Crippen LogP contribution in [0.1, 0.15) is 380 Å². The Morgan fingerprint density at radius 3 is 0.753 bits per heavy atom. The summed E-state index contributed by atoms with van der Waals surface area (Å²) < 4.78 is 17.0. The lowest BCUT2D eigenvalue weighted by Crippen LogP contribution is -2.30. The van der Waals surface area contributed by atoms with Crippen molar-refractivity contribution in [3.05, 3.63) is 60.8 Å². The maximum atomic E-state index is 12.9. The van der Waals surface area contributed by atoms with Gasteiger partial charge in [-0.05, 0) is 64.2 Å². The summed E-state index contributed by atoms with van der Waals surface area (Å²) >= 11 is 0. The van der Waals surface area contributed by atoms with Crippen LogP contribution in [0, 0.1) is 0 Å². The molecule has 0 fully saturated rings. The van der Waals surface area contributed by atoms with E-state index in [0.717, 1.165) is 89.9 Å². The summed E-state index contributed by atoms with van der Waals surface area (Å²) in [4.78, 5) is 38.4. The van der Waals surface area contributed by atoms with E-state index < -0.39 is 6.10 Å². The van der Waals surface area contributed by atoms with Gasteiger partial charge >= 0.3 is 17.9 Å². The molecule has 81 heavy (non-hydrogen) atoms. The number of hydrogen-bond donors (Lipinski definition) is 0. The van der Waals surface area contributed by atoms with Crippen molar-refractivity contribution in [1.82, 2.24) is 0 Å². The monoisotopic (exact) mass is 1130 g/mol. The summed E-state index contributed by atoms with van der Waals surface area (Å²) in [5, 5.41) is 0. The van der Waals surface area contributed by atoms with Gasteiger partial charge in [-0.15, -0.1) is 0 Å². The molecule has 1 atom stereocenters. The maximum absolute atomic E-state index is 12.9. The van der Waals surface area contributed by atoms with Crippen LogP contribution < -0.4 is 0 Å². The smallest absolute Gasteiger partial charge is 0.306 e. The van der Waals surface area contributed by atoms with Crippen LogP contribution in [0.25, 0.3) is 0 Å². The number of hydrogen-bond acceptors (Lipinski definition) is 6. The van der Waals surface area contributed by atoms with Crippen LogP contribution in [0.3, 0.4) is 0 Å². The van der Waals surface area contributed by atoms with Crippen LogP contribution in [0.5, 0.6) is 0 Å². The molecule has 0 aliphatic rings. The molecule has 0 aromatic rings. The number of allylic oxidation sites excluding steroid dienone is 10. The average Bonchev–Trinajstić information content (AvgIpc) is 3.47. The third-order valence-corrected chi connectivity index (χ3v) is 16.0. The van der Waals surface area contributed by atoms with Crippen LogP contribution in [-0.2, 0) is 28.6 Å². The first-order chi connectivity index (χ1) is 40.0. The molecule has 0 aromatic heterocycles. The fraction of sp³-hybridized carbons (Fsp3) is 0.827. The minimum absolute atomic E-state index is 0.0657. The van der Waals surface area contributed by atoms with E-state index in [1.54, 1.807) is 0 Å². The van der Waals surface area contributed by atoms with Gasteiger partial charge in [-0.25, -0.2) is 0 Å². The molecular formula is C75H136O6. The minimum Gasteiger partial charge on any atom is -0.462 e. The Hall–Kier alpha value is -2.89. The highest BCUT2D eigenvalue weighted by Crippen LogP contribution is 2.18. The van der Waals surface area contributed by atoms with Gasteiger partial charge < -0.3 is 14.2 Å². The van der Waals surface area contributed by atoms with Gasteiger partial charge in [0, 0.05) is 19.3 Å². The molecule has 0 aromatic carbocycles. The number of carbonyl (C=O) groups is 3. The molecule has 0 aliphatic heterocycles. The SMILES string of the molecule is CC/C=C\C/C=C\C/C=C\C/C=C\C/C=C\CCCCCCCCCCCCCCCCCCCC(=O)OCC(COC(=O)CCCCCCCCCCCCCCCCC)OC(=O)CCCCCCCCCCCCCCCCC. The van der Waals surface area contributed by atoms with Gasteiger partial charge in [0.25, 0.3) is 0 Å². The molecule has 0 radical (unpaired) electrons. The Balaban J connectivity index is 4.14. The molecule has 472 valence electrons. The van der Waals surface area contributed by atoms with Gasteiger partial charge in [0.15, 0.2) is 6.10 Å². The molecule has 6 nitrogen and oxygen atoms in total. The van der Waals surface area contributed by atoms with Crippen molar-refractivity contribution in [3.63, 3.8) is 0 Å². The van der Waals surface area contributed by atoms with Crippen molar-refractivity contribution in [2.45, 2.75) is 386 Å². The Labute approximate surface area is 504 Å². The van der Waals surface area contributed by atoms with E-state index in [0.29, 0.717) is 19.3 Å². The zero-order chi connectivity index (χ0) is 58.5. The van der Waals surface area contributed by atoms with E-state index in [1.807, 2.05) is 0 Å². The highest BCUT2D eigenvalue weighted by molar-refractivity contribution is 5.71. The molecule has 0 bridgehead atoms. The Morgan fingerprint density at radius 1 is 0.259 bits per heavy atom. The van der Waals surface area contributed by atoms with Crippen LogP contribution >= 0.6 is 0 Å². The number of rotatable bonds is 66. The Kier molecular flexibility index (Phi) is 67.1. The van der Waals surface area contributed by atoms with Crippen LogP contribution in [0.2, 0.25) is 0 Å². The van der Waals surface area contributed by atoms with Crippen LogP contribution in [0.15, 0.2) is 60.8 Å². The van der Waals surface area contributed by atoms with Crippen molar-refractivity contribution >= 4 is 17.9 Å². The fourth-order valence-corrected chi connectivity index (χ4v) is 10.7. The Bertz CT molecular complexity index is 1440. The molecule has 0 saturated heterocycles. The van der Waals surface area contributed by atoms with Gasteiger partial charge in [-0.3, -0.25) is 14.4 Å². The van der Waals surface area contributed by atoms with Crippen molar-refractivity contribution in [1.29, 1.82) is 0 Å². The van der Waals surface area contributed by atoms with Crippen molar-refractivity contribution in [3.8, 4) is 0 Å². The van der Waals surface area contributed by atoms with Gasteiger partial charge in [0.1, 0.15) is 13.2 Å². The van der Waals surface area contributed by atoms with Crippen molar-refractivity contribution in [2.24, 2.45) is 0 Å². The second-order valence-corrected chi connectivity index (χ2v) is 24.1. The summed E-state index contributed by atoms with van der Waals surface area (Å²) in [5.41, 5.74) is 0. The molecule has 0 saturated carbocycles. The summed E-state index contributed by atoms with van der Waals surface area (Å²) in [6.45, 7) is 6.60. The number of esters is 3. The molecule has 0 N–H and O–H groups in total. The van der Waals surface area contributed by atoms with E-state index >= 15 is 0 Å². The third kappa shape index (κ3) is 67.8. The van der Waals surface area contributed by atoms with Crippen LogP contribution in [0.4, 0.5) is 0 Å². The second-order valence-electron chi connectivity index (χ2n) is 24.1. The quantitative estimate of drug-likeness (QED) is 0.0261. The van der Waals surface area contributed by atoms with Crippen molar-refractivity contribution < 1.29 is 28.6 Å². The third-order valence-electron chi connectivity index (χ3n) is 16.0. The zero-order valence-corrected chi connectivity index (χ0v) is 54.3. The van der Waals surface area contributed by atoms with E-state index in [2.05, 4.69) is 81.5 Å². The topological polar surface area (TPSA) is 78.9 Å². The molecule has 0 heterocycles. The highest BCUT2D eigenvalue weighted by atomic mass is 16.6. The first-order valence-corrected chi connectivity index (χ1v) is 35.8. The molecular weight excluding hydrogens is 997 g/mol. The largest absolute Gasteiger partial charge is 0.462 e.